The van der Waals surface area contributed by atoms with Crippen molar-refractivity contribution >= 4 is 48.8 Å². The Kier molecular flexibility index (Phi) is 7.74. The molecule has 0 aromatic rings. The summed E-state index contributed by atoms with van der Waals surface area (Å²) in [5.74, 6) is 1.17. The summed E-state index contributed by atoms with van der Waals surface area (Å²) in [5, 5.41) is 0.682. The molecule has 0 aliphatic carbocycles. The van der Waals surface area contributed by atoms with Crippen molar-refractivity contribution in [2.75, 3.05) is 5.75 Å². The Morgan fingerprint density at radius 1 is 1.09 bits per heavy atom. The first-order chi connectivity index (χ1) is 5.02. The lowest BCUT2D eigenvalue weighted by Gasteiger charge is -2.13. The molecule has 0 N–H and O–H groups in total. The third-order valence-corrected chi connectivity index (χ3v) is 4.22. The molecule has 3 atom stereocenters. The summed E-state index contributed by atoms with van der Waals surface area (Å²) < 4.78 is 0.897. The molecule has 0 aromatic heterocycles. The molecule has 0 aliphatic rings. The first-order valence-electron chi connectivity index (χ1n) is 3.65. The Morgan fingerprint density at radius 2 is 1.64 bits per heavy atom. The molecule has 3 unspecified atom stereocenters. The topological polar surface area (TPSA) is 0 Å². The maximum absolute atomic E-state index is 4.32. The zero-order valence-electron chi connectivity index (χ0n) is 7.15. The highest BCUT2D eigenvalue weighted by Crippen LogP contribution is 2.25. The fourth-order valence-corrected chi connectivity index (χ4v) is 3.30. The van der Waals surface area contributed by atoms with Crippen LogP contribution in [0.3, 0.4) is 0 Å². The third kappa shape index (κ3) is 9.31. The van der Waals surface area contributed by atoms with Crippen LogP contribution in [-0.4, -0.2) is 20.2 Å². The molecule has 68 valence electrons. The Hall–Kier alpha value is 1.40. The van der Waals surface area contributed by atoms with Gasteiger partial charge in [0.15, 0.2) is 0 Å². The van der Waals surface area contributed by atoms with E-state index in [1.54, 1.807) is 0 Å². The normalized spacial score (nSPS) is 19.4. The maximum atomic E-state index is 4.32. The van der Waals surface area contributed by atoms with Crippen LogP contribution in [0.15, 0.2) is 0 Å². The van der Waals surface area contributed by atoms with E-state index in [1.807, 2.05) is 23.5 Å². The fourth-order valence-electron chi connectivity index (χ4n) is 0.650. The van der Waals surface area contributed by atoms with Crippen molar-refractivity contribution in [1.82, 2.24) is 0 Å². The highest BCUT2D eigenvalue weighted by atomic mass is 32.2. The van der Waals surface area contributed by atoms with Crippen molar-refractivity contribution in [2.24, 2.45) is 0 Å². The zero-order chi connectivity index (χ0) is 8.85. The van der Waals surface area contributed by atoms with E-state index in [4.69, 9.17) is 0 Å². The average molecular weight is 228 g/mol. The summed E-state index contributed by atoms with van der Waals surface area (Å²) >= 11 is 12.4. The predicted octanol–water partition coefficient (Wildman–Crippen LogP) is 3.39. The molecule has 0 nitrogen and oxygen atoms in total. The van der Waals surface area contributed by atoms with Crippen molar-refractivity contribution in [2.45, 2.75) is 35.2 Å². The zero-order valence-corrected chi connectivity index (χ0v) is 10.6. The molecule has 0 bridgehead atoms. The highest BCUT2D eigenvalue weighted by molar-refractivity contribution is 8.13. The van der Waals surface area contributed by atoms with E-state index in [-0.39, 0.29) is 0 Å². The number of hydrogen-bond acceptors (Lipinski definition) is 4. The molecule has 0 saturated carbocycles. The maximum Gasteiger partial charge on any atom is 0.0447 e. The van der Waals surface area contributed by atoms with Crippen molar-refractivity contribution in [3.8, 4) is 0 Å². The van der Waals surface area contributed by atoms with Gasteiger partial charge in [0.2, 0.25) is 0 Å². The molecular weight excluding hydrogens is 212 g/mol. The van der Waals surface area contributed by atoms with Gasteiger partial charge in [-0.1, -0.05) is 6.92 Å². The lowest BCUT2D eigenvalue weighted by molar-refractivity contribution is 1.12. The second-order valence-corrected chi connectivity index (χ2v) is 7.88. The number of hydrogen-bond donors (Lipinski definition) is 2. The molecule has 0 heterocycles. The van der Waals surface area contributed by atoms with Crippen LogP contribution in [0, 0.1) is 0 Å². The van der Waals surface area contributed by atoms with Crippen molar-refractivity contribution in [1.29, 1.82) is 0 Å². The third-order valence-electron chi connectivity index (χ3n) is 1.00. The van der Waals surface area contributed by atoms with Gasteiger partial charge < -0.3 is 0 Å². The Morgan fingerprint density at radius 3 is 2.00 bits per heavy atom. The van der Waals surface area contributed by atoms with Crippen LogP contribution >= 0.6 is 48.8 Å². The standard InChI is InChI=1S/C7H16S4/c1-5(11-7(3)9)4-10-6(2)8/h5-9H,4H2,1-3H3. The van der Waals surface area contributed by atoms with Gasteiger partial charge in [0, 0.05) is 20.2 Å². The highest BCUT2D eigenvalue weighted by Gasteiger charge is 2.06. The molecule has 0 saturated heterocycles. The van der Waals surface area contributed by atoms with E-state index >= 15 is 0 Å². The lowest BCUT2D eigenvalue weighted by Crippen LogP contribution is -2.04. The lowest BCUT2D eigenvalue weighted by atomic mass is 10.6. The van der Waals surface area contributed by atoms with Gasteiger partial charge >= 0.3 is 0 Å². The summed E-state index contributed by atoms with van der Waals surface area (Å²) in [6, 6.07) is 0. The second-order valence-electron chi connectivity index (χ2n) is 2.48. The van der Waals surface area contributed by atoms with E-state index in [0.29, 0.717) is 14.4 Å². The molecule has 0 rings (SSSR count). The molecule has 0 amide bonds. The predicted molar refractivity (Wildman–Crippen MR) is 66.4 cm³/mol. The SMILES string of the molecule is CC(S)SCC(C)SC(C)S. The van der Waals surface area contributed by atoms with Gasteiger partial charge in [-0.3, -0.25) is 0 Å². The van der Waals surface area contributed by atoms with Crippen LogP contribution in [-0.2, 0) is 0 Å². The molecular formula is C7H16S4. The average Bonchev–Trinajstić information content (AvgIpc) is 1.82. The van der Waals surface area contributed by atoms with Crippen molar-refractivity contribution in [3.63, 3.8) is 0 Å². The minimum Gasteiger partial charge on any atom is -0.165 e. The molecule has 0 aliphatic heterocycles. The quantitative estimate of drug-likeness (QED) is 0.547. The van der Waals surface area contributed by atoms with Crippen LogP contribution in [0.5, 0.6) is 0 Å². The van der Waals surface area contributed by atoms with Crippen molar-refractivity contribution in [3.05, 3.63) is 0 Å². The molecule has 0 fully saturated rings. The number of rotatable bonds is 5. The van der Waals surface area contributed by atoms with Gasteiger partial charge in [0.25, 0.3) is 0 Å². The minimum absolute atomic E-state index is 0.445. The summed E-state index contributed by atoms with van der Waals surface area (Å²) in [7, 11) is 0. The van der Waals surface area contributed by atoms with Gasteiger partial charge in [-0.2, -0.15) is 25.3 Å². The number of thiol groups is 2. The fraction of sp³-hybridized carbons (Fsp3) is 1.00. The van der Waals surface area contributed by atoms with Crippen LogP contribution in [0.25, 0.3) is 0 Å². The summed E-state index contributed by atoms with van der Waals surface area (Å²) in [4.78, 5) is 0. The Bertz CT molecular complexity index is 92.4. The summed E-state index contributed by atoms with van der Waals surface area (Å²) in [6.07, 6.45) is 0. The van der Waals surface area contributed by atoms with Gasteiger partial charge in [-0.25, -0.2) is 0 Å². The first-order valence-corrected chi connectivity index (χ1v) is 6.68. The first kappa shape index (κ1) is 12.4. The van der Waals surface area contributed by atoms with Gasteiger partial charge in [0.05, 0.1) is 0 Å². The smallest absolute Gasteiger partial charge is 0.0447 e. The van der Waals surface area contributed by atoms with E-state index in [0.717, 1.165) is 0 Å². The van der Waals surface area contributed by atoms with E-state index in [1.165, 1.54) is 5.75 Å². The Labute approximate surface area is 89.5 Å². The van der Waals surface area contributed by atoms with Crippen molar-refractivity contribution < 1.29 is 0 Å². The molecule has 0 spiro atoms. The van der Waals surface area contributed by atoms with Crippen LogP contribution in [0.1, 0.15) is 20.8 Å². The summed E-state index contributed by atoms with van der Waals surface area (Å²) in [6.45, 7) is 6.45. The monoisotopic (exact) mass is 228 g/mol. The van der Waals surface area contributed by atoms with Crippen LogP contribution in [0.4, 0.5) is 0 Å². The van der Waals surface area contributed by atoms with Gasteiger partial charge in [-0.05, 0) is 13.8 Å². The number of thioether (sulfide) groups is 2. The van der Waals surface area contributed by atoms with E-state index in [2.05, 4.69) is 46.0 Å². The molecule has 11 heavy (non-hydrogen) atoms. The van der Waals surface area contributed by atoms with E-state index in [9.17, 15) is 0 Å². The van der Waals surface area contributed by atoms with Gasteiger partial charge in [0.1, 0.15) is 0 Å². The van der Waals surface area contributed by atoms with E-state index < -0.39 is 0 Å². The minimum atomic E-state index is 0.445. The van der Waals surface area contributed by atoms with Crippen LogP contribution in [0.2, 0.25) is 0 Å². The molecule has 0 aromatic carbocycles. The largest absolute Gasteiger partial charge is 0.165 e. The molecule has 4 heteroatoms. The molecule has 0 radical (unpaired) electrons. The summed E-state index contributed by atoms with van der Waals surface area (Å²) in [5.41, 5.74) is 0. The Balaban J connectivity index is 3.29. The van der Waals surface area contributed by atoms with Gasteiger partial charge in [-0.15, -0.1) is 23.5 Å². The second kappa shape index (κ2) is 6.87. The van der Waals surface area contributed by atoms with Crippen LogP contribution < -0.4 is 0 Å².